The van der Waals surface area contributed by atoms with Gasteiger partial charge in [0.2, 0.25) is 5.91 Å². The fourth-order valence-corrected chi connectivity index (χ4v) is 2.70. The van der Waals surface area contributed by atoms with E-state index in [9.17, 15) is 14.0 Å². The molecule has 2 amide bonds. The van der Waals surface area contributed by atoms with E-state index < -0.39 is 0 Å². The number of para-hydroxylation sites is 2. The Morgan fingerprint density at radius 3 is 2.72 bits per heavy atom. The Labute approximate surface area is 145 Å². The van der Waals surface area contributed by atoms with Gasteiger partial charge in [0, 0.05) is 19.5 Å². The zero-order valence-corrected chi connectivity index (χ0v) is 13.7. The molecule has 0 unspecified atom stereocenters. The molecule has 3 rings (SSSR count). The van der Waals surface area contributed by atoms with Crippen LogP contribution in [0.25, 0.3) is 0 Å². The predicted octanol–water partition coefficient (Wildman–Crippen LogP) is 2.30. The third kappa shape index (κ3) is 4.35. The van der Waals surface area contributed by atoms with E-state index in [0.29, 0.717) is 30.9 Å². The van der Waals surface area contributed by atoms with Crippen molar-refractivity contribution >= 4 is 17.5 Å². The number of anilines is 1. The van der Waals surface area contributed by atoms with Crippen LogP contribution in [-0.2, 0) is 16.0 Å². The number of nitrogens with one attached hydrogen (secondary N) is 1. The SMILES string of the molecule is O=C(CCN1C(=O)COc2ccccc21)NCCc1ccc(F)cc1. The number of carbonyl (C=O) groups excluding carboxylic acids is 2. The molecule has 0 fully saturated rings. The maximum Gasteiger partial charge on any atom is 0.265 e. The van der Waals surface area contributed by atoms with E-state index in [4.69, 9.17) is 4.74 Å². The van der Waals surface area contributed by atoms with Gasteiger partial charge in [-0.25, -0.2) is 4.39 Å². The van der Waals surface area contributed by atoms with Gasteiger partial charge in [-0.3, -0.25) is 9.59 Å². The summed E-state index contributed by atoms with van der Waals surface area (Å²) in [6.07, 6.45) is 0.842. The summed E-state index contributed by atoms with van der Waals surface area (Å²) >= 11 is 0. The van der Waals surface area contributed by atoms with Gasteiger partial charge in [0.1, 0.15) is 11.6 Å². The highest BCUT2D eigenvalue weighted by Gasteiger charge is 2.25. The lowest BCUT2D eigenvalue weighted by molar-refractivity contribution is -0.122. The summed E-state index contributed by atoms with van der Waals surface area (Å²) in [4.78, 5) is 25.6. The third-order valence-corrected chi connectivity index (χ3v) is 4.02. The highest BCUT2D eigenvalue weighted by atomic mass is 19.1. The number of hydrogen-bond acceptors (Lipinski definition) is 3. The monoisotopic (exact) mass is 342 g/mol. The molecule has 0 bridgehead atoms. The summed E-state index contributed by atoms with van der Waals surface area (Å²) in [5.74, 6) is 0.0961. The van der Waals surface area contributed by atoms with Crippen LogP contribution < -0.4 is 15.0 Å². The van der Waals surface area contributed by atoms with Crippen molar-refractivity contribution in [3.05, 3.63) is 59.9 Å². The minimum atomic E-state index is -0.275. The molecule has 0 atom stereocenters. The van der Waals surface area contributed by atoms with Crippen LogP contribution in [0.3, 0.4) is 0 Å². The van der Waals surface area contributed by atoms with Crippen molar-refractivity contribution < 1.29 is 18.7 Å². The molecule has 2 aromatic carbocycles. The maximum atomic E-state index is 12.8. The zero-order valence-electron chi connectivity index (χ0n) is 13.7. The molecule has 1 aliphatic rings. The summed E-state index contributed by atoms with van der Waals surface area (Å²) in [5, 5.41) is 2.82. The molecule has 0 aliphatic carbocycles. The van der Waals surface area contributed by atoms with Crippen molar-refractivity contribution in [1.29, 1.82) is 0 Å². The van der Waals surface area contributed by atoms with Gasteiger partial charge in [0.15, 0.2) is 6.61 Å². The molecule has 1 heterocycles. The lowest BCUT2D eigenvalue weighted by Crippen LogP contribution is -2.41. The lowest BCUT2D eigenvalue weighted by atomic mass is 10.1. The lowest BCUT2D eigenvalue weighted by Gasteiger charge is -2.29. The largest absolute Gasteiger partial charge is 0.482 e. The van der Waals surface area contributed by atoms with Gasteiger partial charge in [-0.2, -0.15) is 0 Å². The Morgan fingerprint density at radius 1 is 1.16 bits per heavy atom. The quantitative estimate of drug-likeness (QED) is 0.876. The van der Waals surface area contributed by atoms with E-state index in [1.807, 2.05) is 12.1 Å². The van der Waals surface area contributed by atoms with E-state index in [1.165, 1.54) is 12.1 Å². The van der Waals surface area contributed by atoms with Crippen LogP contribution in [0.15, 0.2) is 48.5 Å². The Morgan fingerprint density at radius 2 is 1.92 bits per heavy atom. The molecular formula is C19H19FN2O3. The molecule has 0 saturated carbocycles. The summed E-state index contributed by atoms with van der Waals surface area (Å²) in [7, 11) is 0. The predicted molar refractivity (Wildman–Crippen MR) is 92.0 cm³/mol. The number of carbonyl (C=O) groups is 2. The van der Waals surface area contributed by atoms with Crippen LogP contribution in [0.4, 0.5) is 10.1 Å². The fourth-order valence-electron chi connectivity index (χ4n) is 2.70. The Bertz CT molecular complexity index is 762. The Hall–Kier alpha value is -2.89. The van der Waals surface area contributed by atoms with Gasteiger partial charge in [0.05, 0.1) is 5.69 Å². The third-order valence-electron chi connectivity index (χ3n) is 4.02. The minimum Gasteiger partial charge on any atom is -0.482 e. The van der Waals surface area contributed by atoms with Crippen LogP contribution in [0.1, 0.15) is 12.0 Å². The average Bonchev–Trinajstić information content (AvgIpc) is 2.62. The molecule has 1 aliphatic heterocycles. The van der Waals surface area contributed by atoms with E-state index in [0.717, 1.165) is 5.56 Å². The van der Waals surface area contributed by atoms with Crippen molar-refractivity contribution in [2.24, 2.45) is 0 Å². The second-order valence-corrected chi connectivity index (χ2v) is 5.78. The van der Waals surface area contributed by atoms with Crippen molar-refractivity contribution in [2.75, 3.05) is 24.6 Å². The number of amides is 2. The van der Waals surface area contributed by atoms with Crippen LogP contribution in [-0.4, -0.2) is 31.5 Å². The Balaban J connectivity index is 1.47. The number of halogens is 1. The topological polar surface area (TPSA) is 58.6 Å². The van der Waals surface area contributed by atoms with Gasteiger partial charge < -0.3 is 15.0 Å². The second kappa shape index (κ2) is 7.79. The first-order valence-electron chi connectivity index (χ1n) is 8.17. The number of fused-ring (bicyclic) bond motifs is 1. The number of rotatable bonds is 6. The average molecular weight is 342 g/mol. The molecule has 6 heteroatoms. The highest BCUT2D eigenvalue weighted by molar-refractivity contribution is 5.98. The number of benzene rings is 2. The second-order valence-electron chi connectivity index (χ2n) is 5.78. The standard InChI is InChI=1S/C19H19FN2O3/c20-15-7-5-14(6-8-15)9-11-21-18(23)10-12-22-16-3-1-2-4-17(16)25-13-19(22)24/h1-8H,9-13H2,(H,21,23). The number of ether oxygens (including phenoxy) is 1. The van der Waals surface area contributed by atoms with Gasteiger partial charge in [-0.05, 0) is 36.2 Å². The summed E-state index contributed by atoms with van der Waals surface area (Å²) in [6.45, 7) is 0.767. The van der Waals surface area contributed by atoms with Gasteiger partial charge >= 0.3 is 0 Å². The summed E-state index contributed by atoms with van der Waals surface area (Å²) in [6, 6.07) is 13.5. The molecular weight excluding hydrogens is 323 g/mol. The van der Waals surface area contributed by atoms with Crippen molar-refractivity contribution in [3.63, 3.8) is 0 Å². The van der Waals surface area contributed by atoms with Crippen LogP contribution in [0.2, 0.25) is 0 Å². The Kier molecular flexibility index (Phi) is 5.28. The summed E-state index contributed by atoms with van der Waals surface area (Å²) < 4.78 is 18.2. The molecule has 130 valence electrons. The van der Waals surface area contributed by atoms with Crippen LogP contribution in [0.5, 0.6) is 5.75 Å². The molecule has 0 spiro atoms. The fraction of sp³-hybridized carbons (Fsp3) is 0.263. The number of hydrogen-bond donors (Lipinski definition) is 1. The minimum absolute atomic E-state index is 0.0107. The first-order valence-corrected chi connectivity index (χ1v) is 8.17. The molecule has 5 nitrogen and oxygen atoms in total. The molecule has 1 N–H and O–H groups in total. The molecule has 25 heavy (non-hydrogen) atoms. The van der Waals surface area contributed by atoms with Crippen molar-refractivity contribution in [3.8, 4) is 5.75 Å². The smallest absolute Gasteiger partial charge is 0.265 e. The van der Waals surface area contributed by atoms with E-state index in [2.05, 4.69) is 5.32 Å². The van der Waals surface area contributed by atoms with E-state index in [-0.39, 0.29) is 30.7 Å². The molecule has 0 radical (unpaired) electrons. The van der Waals surface area contributed by atoms with Gasteiger partial charge in [-0.1, -0.05) is 24.3 Å². The van der Waals surface area contributed by atoms with Crippen LogP contribution >= 0.6 is 0 Å². The van der Waals surface area contributed by atoms with Gasteiger partial charge in [0.25, 0.3) is 5.91 Å². The van der Waals surface area contributed by atoms with E-state index in [1.54, 1.807) is 29.2 Å². The first-order chi connectivity index (χ1) is 12.1. The summed E-state index contributed by atoms with van der Waals surface area (Å²) in [5.41, 5.74) is 1.65. The highest BCUT2D eigenvalue weighted by Crippen LogP contribution is 2.31. The normalized spacial score (nSPS) is 13.2. The maximum absolute atomic E-state index is 12.8. The first kappa shape index (κ1) is 17.0. The zero-order chi connectivity index (χ0) is 17.6. The van der Waals surface area contributed by atoms with E-state index >= 15 is 0 Å². The number of nitrogens with zero attached hydrogens (tertiary/aromatic N) is 1. The van der Waals surface area contributed by atoms with Crippen molar-refractivity contribution in [1.82, 2.24) is 5.32 Å². The van der Waals surface area contributed by atoms with Crippen molar-refractivity contribution in [2.45, 2.75) is 12.8 Å². The molecule has 0 saturated heterocycles. The molecule has 2 aromatic rings. The van der Waals surface area contributed by atoms with Gasteiger partial charge in [-0.15, -0.1) is 0 Å². The molecule has 0 aromatic heterocycles. The van der Waals surface area contributed by atoms with Crippen LogP contribution in [0, 0.1) is 5.82 Å².